The van der Waals surface area contributed by atoms with Gasteiger partial charge in [-0.3, -0.25) is 4.79 Å². The highest BCUT2D eigenvalue weighted by Gasteiger charge is 2.12. The van der Waals surface area contributed by atoms with Gasteiger partial charge in [-0.05, 0) is 49.0 Å². The van der Waals surface area contributed by atoms with Crippen molar-refractivity contribution in [2.45, 2.75) is 38.6 Å². The number of halogens is 1. The summed E-state index contributed by atoms with van der Waals surface area (Å²) < 4.78 is 0. The lowest BCUT2D eigenvalue weighted by Gasteiger charge is -2.12. The molecule has 0 aliphatic rings. The van der Waals surface area contributed by atoms with E-state index >= 15 is 0 Å². The molecule has 0 unspecified atom stereocenters. The monoisotopic (exact) mass is 316 g/mol. The Bertz CT molecular complexity index is 384. The van der Waals surface area contributed by atoms with Gasteiger partial charge in [0.05, 0.1) is 6.04 Å². The van der Waals surface area contributed by atoms with Gasteiger partial charge < -0.3 is 11.1 Å². The van der Waals surface area contributed by atoms with E-state index in [0.717, 1.165) is 17.9 Å². The molecule has 0 bridgehead atoms. The first-order valence-electron chi connectivity index (χ1n) is 6.81. The average Bonchev–Trinajstić information content (AvgIpc) is 2.43. The molecule has 1 amide bonds. The summed E-state index contributed by atoms with van der Waals surface area (Å²) in [7, 11) is 0. The number of hydrogen-bond donors (Lipinski definition) is 2. The van der Waals surface area contributed by atoms with E-state index in [1.165, 1.54) is 18.4 Å². The van der Waals surface area contributed by atoms with E-state index in [9.17, 15) is 4.79 Å². The Morgan fingerprint density at radius 2 is 2.00 bits per heavy atom. The van der Waals surface area contributed by atoms with E-state index in [2.05, 4.69) is 24.4 Å². The summed E-state index contributed by atoms with van der Waals surface area (Å²) in [5.74, 6) is 0.806. The van der Waals surface area contributed by atoms with Crippen LogP contribution in [-0.4, -0.2) is 24.0 Å². The quantitative estimate of drug-likeness (QED) is 0.772. The zero-order chi connectivity index (χ0) is 14.1. The Kier molecular flexibility index (Phi) is 10.6. The topological polar surface area (TPSA) is 55.1 Å². The highest BCUT2D eigenvalue weighted by molar-refractivity contribution is 7.98. The van der Waals surface area contributed by atoms with Crippen molar-refractivity contribution in [2.24, 2.45) is 5.73 Å². The Morgan fingerprint density at radius 3 is 2.55 bits per heavy atom. The third-order valence-corrected chi connectivity index (χ3v) is 3.65. The molecule has 0 saturated carbocycles. The molecule has 0 aliphatic carbocycles. The van der Waals surface area contributed by atoms with Crippen molar-refractivity contribution < 1.29 is 4.79 Å². The van der Waals surface area contributed by atoms with E-state index in [4.69, 9.17) is 5.73 Å². The summed E-state index contributed by atoms with van der Waals surface area (Å²) in [5.41, 5.74) is 7.96. The van der Waals surface area contributed by atoms with Crippen molar-refractivity contribution >= 4 is 35.8 Å². The van der Waals surface area contributed by atoms with Gasteiger partial charge in [0.1, 0.15) is 0 Å². The van der Waals surface area contributed by atoms with Crippen molar-refractivity contribution in [1.29, 1.82) is 0 Å². The van der Waals surface area contributed by atoms with Crippen LogP contribution in [0.2, 0.25) is 0 Å². The molecular weight excluding hydrogens is 292 g/mol. The van der Waals surface area contributed by atoms with Crippen molar-refractivity contribution in [3.8, 4) is 0 Å². The van der Waals surface area contributed by atoms with Crippen molar-refractivity contribution in [3.63, 3.8) is 0 Å². The second kappa shape index (κ2) is 11.0. The summed E-state index contributed by atoms with van der Waals surface area (Å²) in [6, 6.07) is 7.61. The average molecular weight is 317 g/mol. The first kappa shape index (κ1) is 19.3. The molecule has 1 aromatic rings. The molecule has 114 valence electrons. The fraction of sp³-hybridized carbons (Fsp3) is 0.533. The van der Waals surface area contributed by atoms with Gasteiger partial charge in [-0.25, -0.2) is 0 Å². The summed E-state index contributed by atoms with van der Waals surface area (Å²) in [6.07, 6.45) is 6.22. The number of benzene rings is 1. The largest absolute Gasteiger partial charge is 0.325 e. The number of unbranched alkanes of at least 4 members (excludes halogenated alkanes) is 1. The van der Waals surface area contributed by atoms with Crippen LogP contribution in [0.4, 0.5) is 5.69 Å². The Balaban J connectivity index is 0.00000361. The molecule has 3 N–H and O–H groups in total. The molecule has 1 rings (SSSR count). The molecule has 1 aromatic carbocycles. The zero-order valence-electron chi connectivity index (χ0n) is 12.2. The number of nitrogens with two attached hydrogens (primary N) is 1. The minimum Gasteiger partial charge on any atom is -0.325 e. The summed E-state index contributed by atoms with van der Waals surface area (Å²) in [5, 5.41) is 2.86. The van der Waals surface area contributed by atoms with E-state index in [1.807, 2.05) is 18.4 Å². The second-order valence-electron chi connectivity index (χ2n) is 4.68. The number of rotatable bonds is 8. The lowest BCUT2D eigenvalue weighted by Crippen LogP contribution is -2.36. The van der Waals surface area contributed by atoms with Gasteiger partial charge in [-0.15, -0.1) is 12.4 Å². The van der Waals surface area contributed by atoms with Gasteiger partial charge in [0, 0.05) is 5.69 Å². The van der Waals surface area contributed by atoms with E-state index in [1.54, 1.807) is 11.8 Å². The predicted molar refractivity (Wildman–Crippen MR) is 91.9 cm³/mol. The second-order valence-corrected chi connectivity index (χ2v) is 5.66. The van der Waals surface area contributed by atoms with Gasteiger partial charge in [0.25, 0.3) is 0 Å². The molecule has 0 aliphatic heterocycles. The minimum absolute atomic E-state index is 0. The maximum absolute atomic E-state index is 11.8. The smallest absolute Gasteiger partial charge is 0.241 e. The predicted octanol–water partition coefficient (Wildman–Crippen LogP) is 3.47. The normalized spacial score (nSPS) is 11.6. The first-order valence-corrected chi connectivity index (χ1v) is 8.21. The molecule has 1 atom stereocenters. The maximum atomic E-state index is 11.8. The Morgan fingerprint density at radius 1 is 1.35 bits per heavy atom. The summed E-state index contributed by atoms with van der Waals surface area (Å²) in [6.45, 7) is 2.19. The number of carbonyl (C=O) groups excluding carboxylic acids is 1. The van der Waals surface area contributed by atoms with Crippen LogP contribution in [0.5, 0.6) is 0 Å². The SMILES string of the molecule is CCCCc1ccc(NC(=O)[C@@H](N)CCSC)cc1.Cl. The number of aryl methyl sites for hydroxylation is 1. The van der Waals surface area contributed by atoms with E-state index in [-0.39, 0.29) is 18.3 Å². The Labute approximate surface area is 132 Å². The number of amides is 1. The van der Waals surface area contributed by atoms with Gasteiger partial charge in [-0.2, -0.15) is 11.8 Å². The van der Waals surface area contributed by atoms with Crippen LogP contribution >= 0.6 is 24.2 Å². The van der Waals surface area contributed by atoms with Crippen LogP contribution in [0.3, 0.4) is 0 Å². The third-order valence-electron chi connectivity index (χ3n) is 3.01. The lowest BCUT2D eigenvalue weighted by molar-refractivity contribution is -0.117. The molecule has 0 spiro atoms. The van der Waals surface area contributed by atoms with Crippen LogP contribution < -0.4 is 11.1 Å². The number of nitrogens with one attached hydrogen (secondary N) is 1. The fourth-order valence-corrected chi connectivity index (χ4v) is 2.24. The molecule has 0 saturated heterocycles. The van der Waals surface area contributed by atoms with Gasteiger partial charge in [-0.1, -0.05) is 25.5 Å². The van der Waals surface area contributed by atoms with Gasteiger partial charge in [0.2, 0.25) is 5.91 Å². The van der Waals surface area contributed by atoms with Crippen LogP contribution in [0.25, 0.3) is 0 Å². The third kappa shape index (κ3) is 7.17. The number of carbonyl (C=O) groups is 1. The van der Waals surface area contributed by atoms with Crippen molar-refractivity contribution in [1.82, 2.24) is 0 Å². The summed E-state index contributed by atoms with van der Waals surface area (Å²) >= 11 is 1.70. The number of hydrogen-bond acceptors (Lipinski definition) is 3. The lowest BCUT2D eigenvalue weighted by atomic mass is 10.1. The van der Waals surface area contributed by atoms with Crippen LogP contribution in [0.1, 0.15) is 31.7 Å². The summed E-state index contributed by atoms with van der Waals surface area (Å²) in [4.78, 5) is 11.8. The molecule has 0 heterocycles. The van der Waals surface area contributed by atoms with Crippen molar-refractivity contribution in [2.75, 3.05) is 17.3 Å². The van der Waals surface area contributed by atoms with Crippen LogP contribution in [0, 0.1) is 0 Å². The molecule has 0 radical (unpaired) electrons. The van der Waals surface area contributed by atoms with Crippen molar-refractivity contribution in [3.05, 3.63) is 29.8 Å². The maximum Gasteiger partial charge on any atom is 0.241 e. The number of anilines is 1. The van der Waals surface area contributed by atoms with Gasteiger partial charge >= 0.3 is 0 Å². The van der Waals surface area contributed by atoms with E-state index < -0.39 is 6.04 Å². The molecule has 5 heteroatoms. The zero-order valence-corrected chi connectivity index (χ0v) is 13.9. The van der Waals surface area contributed by atoms with E-state index in [0.29, 0.717) is 6.42 Å². The van der Waals surface area contributed by atoms with Crippen LogP contribution in [0.15, 0.2) is 24.3 Å². The first-order chi connectivity index (χ1) is 9.17. The number of thioether (sulfide) groups is 1. The highest BCUT2D eigenvalue weighted by Crippen LogP contribution is 2.12. The minimum atomic E-state index is -0.424. The molecular formula is C15H25ClN2OS. The molecule has 0 aromatic heterocycles. The van der Waals surface area contributed by atoms with Crippen LogP contribution in [-0.2, 0) is 11.2 Å². The Hall–Kier alpha value is -0.710. The molecule has 0 fully saturated rings. The molecule has 3 nitrogen and oxygen atoms in total. The fourth-order valence-electron chi connectivity index (χ4n) is 1.75. The highest BCUT2D eigenvalue weighted by atomic mass is 35.5. The van der Waals surface area contributed by atoms with Gasteiger partial charge in [0.15, 0.2) is 0 Å². The molecule has 20 heavy (non-hydrogen) atoms. The standard InChI is InChI=1S/C15H24N2OS.ClH/c1-3-4-5-12-6-8-13(9-7-12)17-15(18)14(16)10-11-19-2;/h6-9,14H,3-5,10-11,16H2,1-2H3,(H,17,18);1H/t14-;/m0./s1.